The number of aryl methyl sites for hydroxylation is 1. The first-order valence-corrected chi connectivity index (χ1v) is 6.12. The Hall–Kier alpha value is -1.13. The third kappa shape index (κ3) is 3.41. The van der Waals surface area contributed by atoms with E-state index in [9.17, 15) is 4.79 Å². The van der Waals surface area contributed by atoms with Crippen molar-refractivity contribution in [3.05, 3.63) is 23.0 Å². The number of carbonyl (C=O) groups excluding carboxylic acids is 1. The van der Waals surface area contributed by atoms with Gasteiger partial charge in [-0.3, -0.25) is 4.79 Å². The maximum Gasteiger partial charge on any atom is 0.241 e. The van der Waals surface area contributed by atoms with Gasteiger partial charge in [0.2, 0.25) is 5.91 Å². The van der Waals surface area contributed by atoms with E-state index in [2.05, 4.69) is 10.3 Å². The molecule has 0 spiro atoms. The van der Waals surface area contributed by atoms with Crippen LogP contribution in [0.15, 0.2) is 12.3 Å². The fourth-order valence-electron chi connectivity index (χ4n) is 1.68. The van der Waals surface area contributed by atoms with Crippen LogP contribution in [0.5, 0.6) is 0 Å². The Bertz CT molecular complexity index is 432. The van der Waals surface area contributed by atoms with Crippen LogP contribution >= 0.6 is 11.6 Å². The lowest BCUT2D eigenvalue weighted by atomic mass is 10.1. The van der Waals surface area contributed by atoms with Gasteiger partial charge in [-0.05, 0) is 30.9 Å². The van der Waals surface area contributed by atoms with Crippen molar-refractivity contribution >= 4 is 23.2 Å². The first-order valence-electron chi connectivity index (χ1n) is 5.75. The highest BCUT2D eigenvalue weighted by atomic mass is 35.5. The van der Waals surface area contributed by atoms with Gasteiger partial charge in [-0.2, -0.15) is 0 Å². The van der Waals surface area contributed by atoms with Crippen molar-refractivity contribution in [1.29, 1.82) is 0 Å². The number of halogens is 1. The van der Waals surface area contributed by atoms with Crippen LogP contribution in [-0.4, -0.2) is 16.9 Å². The fraction of sp³-hybridized carbons (Fsp3) is 0.500. The number of hydrogen-bond acceptors (Lipinski definition) is 3. The lowest BCUT2D eigenvalue weighted by Crippen LogP contribution is -2.36. The summed E-state index contributed by atoms with van der Waals surface area (Å²) in [5.41, 5.74) is 7.29. The van der Waals surface area contributed by atoms with E-state index in [1.807, 2.05) is 6.92 Å². The monoisotopic (exact) mass is 253 g/mol. The predicted octanol–water partition coefficient (Wildman–Crippen LogP) is 2.11. The van der Waals surface area contributed by atoms with E-state index < -0.39 is 6.04 Å². The van der Waals surface area contributed by atoms with Crippen molar-refractivity contribution in [2.24, 2.45) is 11.7 Å². The van der Waals surface area contributed by atoms with Gasteiger partial charge in [0.25, 0.3) is 0 Å². The maximum atomic E-state index is 11.8. The van der Waals surface area contributed by atoms with Gasteiger partial charge in [0, 0.05) is 0 Å². The van der Waals surface area contributed by atoms with Crippen LogP contribution < -0.4 is 11.1 Å². The Labute approximate surface area is 106 Å². The molecule has 0 saturated heterocycles. The number of carbonyl (C=O) groups is 1. The minimum atomic E-state index is -0.432. The molecule has 2 rings (SSSR count). The second-order valence-electron chi connectivity index (χ2n) is 4.61. The van der Waals surface area contributed by atoms with Crippen LogP contribution in [0.3, 0.4) is 0 Å². The van der Waals surface area contributed by atoms with Crippen molar-refractivity contribution in [1.82, 2.24) is 4.98 Å². The predicted molar refractivity (Wildman–Crippen MR) is 67.9 cm³/mol. The molecule has 1 saturated carbocycles. The van der Waals surface area contributed by atoms with Crippen LogP contribution in [-0.2, 0) is 4.79 Å². The number of anilines is 1. The molecular weight excluding hydrogens is 238 g/mol. The summed E-state index contributed by atoms with van der Waals surface area (Å²) in [6.45, 7) is 1.84. The highest BCUT2D eigenvalue weighted by molar-refractivity contribution is 6.30. The molecule has 1 heterocycles. The van der Waals surface area contributed by atoms with Crippen LogP contribution in [0.1, 0.15) is 24.8 Å². The van der Waals surface area contributed by atoms with Gasteiger partial charge >= 0.3 is 0 Å². The summed E-state index contributed by atoms with van der Waals surface area (Å²) >= 11 is 5.81. The molecule has 1 atom stereocenters. The quantitative estimate of drug-likeness (QED) is 0.808. The molecule has 1 aliphatic carbocycles. The largest absolute Gasteiger partial charge is 0.323 e. The summed E-state index contributed by atoms with van der Waals surface area (Å²) in [6, 6.07) is 1.36. The Kier molecular flexibility index (Phi) is 3.64. The topological polar surface area (TPSA) is 68.0 Å². The van der Waals surface area contributed by atoms with Crippen molar-refractivity contribution in [2.75, 3.05) is 5.32 Å². The van der Waals surface area contributed by atoms with Crippen molar-refractivity contribution in [3.63, 3.8) is 0 Å². The molecule has 0 bridgehead atoms. The number of pyridine rings is 1. The van der Waals surface area contributed by atoms with E-state index in [-0.39, 0.29) is 5.91 Å². The fourth-order valence-corrected chi connectivity index (χ4v) is 1.78. The summed E-state index contributed by atoms with van der Waals surface area (Å²) in [6.07, 6.45) is 4.70. The molecule has 0 aliphatic heterocycles. The lowest BCUT2D eigenvalue weighted by molar-refractivity contribution is -0.117. The van der Waals surface area contributed by atoms with Gasteiger partial charge in [0.15, 0.2) is 0 Å². The second kappa shape index (κ2) is 5.02. The normalized spacial score (nSPS) is 16.6. The molecule has 17 heavy (non-hydrogen) atoms. The van der Waals surface area contributed by atoms with E-state index in [0.717, 1.165) is 12.0 Å². The zero-order valence-corrected chi connectivity index (χ0v) is 10.5. The standard InChI is InChI=1S/C12H16ClN3O/c1-7-4-9(6-15-11(7)13)16-12(17)10(14)5-8-2-3-8/h4,6,8,10H,2-3,5,14H2,1H3,(H,16,17)/t10-/m0/s1. The second-order valence-corrected chi connectivity index (χ2v) is 4.96. The van der Waals surface area contributed by atoms with Crippen LogP contribution in [0.25, 0.3) is 0 Å². The minimum absolute atomic E-state index is 0.152. The smallest absolute Gasteiger partial charge is 0.241 e. The Morgan fingerprint density at radius 1 is 1.71 bits per heavy atom. The summed E-state index contributed by atoms with van der Waals surface area (Å²) in [7, 11) is 0. The van der Waals surface area contributed by atoms with Crippen LogP contribution in [0.4, 0.5) is 5.69 Å². The number of nitrogens with two attached hydrogens (primary N) is 1. The van der Waals surface area contributed by atoms with Gasteiger partial charge in [-0.15, -0.1) is 0 Å². The first kappa shape index (κ1) is 12.3. The third-order valence-electron chi connectivity index (χ3n) is 2.90. The number of nitrogens with zero attached hydrogens (tertiary/aromatic N) is 1. The van der Waals surface area contributed by atoms with Gasteiger partial charge < -0.3 is 11.1 Å². The molecular formula is C12H16ClN3O. The zero-order chi connectivity index (χ0) is 12.4. The van der Waals surface area contributed by atoms with Gasteiger partial charge in [-0.25, -0.2) is 4.98 Å². The Morgan fingerprint density at radius 2 is 2.41 bits per heavy atom. The molecule has 0 unspecified atom stereocenters. The molecule has 4 nitrogen and oxygen atoms in total. The Morgan fingerprint density at radius 3 is 3.00 bits per heavy atom. The molecule has 1 fully saturated rings. The number of hydrogen-bond donors (Lipinski definition) is 2. The highest BCUT2D eigenvalue weighted by Crippen LogP contribution is 2.33. The summed E-state index contributed by atoms with van der Waals surface area (Å²) in [5, 5.41) is 3.21. The molecule has 0 aromatic carbocycles. The number of rotatable bonds is 4. The van der Waals surface area contributed by atoms with E-state index >= 15 is 0 Å². The SMILES string of the molecule is Cc1cc(NC(=O)[C@@H](N)CC2CC2)cnc1Cl. The zero-order valence-electron chi connectivity index (χ0n) is 9.74. The lowest BCUT2D eigenvalue weighted by Gasteiger charge is -2.12. The van der Waals surface area contributed by atoms with Crippen molar-refractivity contribution in [3.8, 4) is 0 Å². The van der Waals surface area contributed by atoms with Crippen LogP contribution in [0, 0.1) is 12.8 Å². The molecule has 92 valence electrons. The van der Waals surface area contributed by atoms with E-state index in [0.29, 0.717) is 16.8 Å². The van der Waals surface area contributed by atoms with Gasteiger partial charge in [0.1, 0.15) is 5.15 Å². The molecule has 3 N–H and O–H groups in total. The van der Waals surface area contributed by atoms with E-state index in [1.54, 1.807) is 6.07 Å². The van der Waals surface area contributed by atoms with E-state index in [4.69, 9.17) is 17.3 Å². The molecule has 5 heteroatoms. The third-order valence-corrected chi connectivity index (χ3v) is 3.30. The maximum absolute atomic E-state index is 11.8. The number of aromatic nitrogens is 1. The molecule has 1 aromatic heterocycles. The summed E-state index contributed by atoms with van der Waals surface area (Å²) in [5.74, 6) is 0.487. The van der Waals surface area contributed by atoms with Crippen LogP contribution in [0.2, 0.25) is 5.15 Å². The first-order chi connectivity index (χ1) is 8.06. The highest BCUT2D eigenvalue weighted by Gasteiger charge is 2.27. The average Bonchev–Trinajstić information content (AvgIpc) is 3.07. The molecule has 1 aromatic rings. The number of nitrogens with one attached hydrogen (secondary N) is 1. The van der Waals surface area contributed by atoms with Crippen molar-refractivity contribution < 1.29 is 4.79 Å². The van der Waals surface area contributed by atoms with Gasteiger partial charge in [0.05, 0.1) is 17.9 Å². The minimum Gasteiger partial charge on any atom is -0.323 e. The Balaban J connectivity index is 1.94. The van der Waals surface area contributed by atoms with Gasteiger partial charge in [-0.1, -0.05) is 24.4 Å². The molecule has 1 amide bonds. The molecule has 1 aliphatic rings. The van der Waals surface area contributed by atoms with E-state index in [1.165, 1.54) is 19.0 Å². The average molecular weight is 254 g/mol. The summed E-state index contributed by atoms with van der Waals surface area (Å²) in [4.78, 5) is 15.7. The summed E-state index contributed by atoms with van der Waals surface area (Å²) < 4.78 is 0. The number of amides is 1. The van der Waals surface area contributed by atoms with Crippen molar-refractivity contribution in [2.45, 2.75) is 32.2 Å². The molecule has 0 radical (unpaired) electrons.